The number of rotatable bonds is 4. The maximum absolute atomic E-state index is 13.3. The fraction of sp³-hybridized carbons (Fsp3) is 0.0476. The molecule has 1 amide bonds. The summed E-state index contributed by atoms with van der Waals surface area (Å²) in [6.45, 7) is 0. The van der Waals surface area contributed by atoms with Crippen molar-refractivity contribution in [1.82, 2.24) is 9.78 Å². The van der Waals surface area contributed by atoms with Crippen LogP contribution in [0.4, 0.5) is 24.5 Å². The summed E-state index contributed by atoms with van der Waals surface area (Å²) in [6, 6.07) is 11.7. The molecule has 32 heavy (non-hydrogen) atoms. The van der Waals surface area contributed by atoms with Crippen molar-refractivity contribution in [2.45, 2.75) is 11.1 Å². The van der Waals surface area contributed by atoms with E-state index in [0.717, 1.165) is 18.2 Å². The van der Waals surface area contributed by atoms with Gasteiger partial charge in [0.15, 0.2) is 0 Å². The summed E-state index contributed by atoms with van der Waals surface area (Å²) in [5, 5.41) is 7.36. The lowest BCUT2D eigenvalue weighted by Gasteiger charge is -2.16. The van der Waals surface area contributed by atoms with Gasteiger partial charge in [0.1, 0.15) is 0 Å². The highest BCUT2D eigenvalue weighted by Gasteiger charge is 2.32. The third-order valence-electron chi connectivity index (χ3n) is 5.10. The van der Waals surface area contributed by atoms with Gasteiger partial charge in [0, 0.05) is 34.4 Å². The summed E-state index contributed by atoms with van der Waals surface area (Å²) in [7, 11) is -4.34. The third-order valence-corrected chi connectivity index (χ3v) is 6.53. The van der Waals surface area contributed by atoms with Crippen LogP contribution in [0.3, 0.4) is 0 Å². The van der Waals surface area contributed by atoms with Crippen LogP contribution in [0, 0.1) is 0 Å². The van der Waals surface area contributed by atoms with E-state index >= 15 is 0 Å². The van der Waals surface area contributed by atoms with Gasteiger partial charge in [-0.15, -0.1) is 0 Å². The van der Waals surface area contributed by atoms with Crippen molar-refractivity contribution in [2.24, 2.45) is 0 Å². The van der Waals surface area contributed by atoms with Crippen LogP contribution in [0.15, 0.2) is 71.9 Å². The summed E-state index contributed by atoms with van der Waals surface area (Å²) in [6.07, 6.45) is -1.77. The molecular formula is C21H13F3N4O3S. The molecule has 2 N–H and O–H groups in total. The summed E-state index contributed by atoms with van der Waals surface area (Å²) in [4.78, 5) is 11.9. The maximum atomic E-state index is 13.3. The summed E-state index contributed by atoms with van der Waals surface area (Å²) in [5.74, 6) is -0.355. The molecule has 0 unspecified atom stereocenters. The molecule has 0 saturated carbocycles. The second-order valence-electron chi connectivity index (χ2n) is 7.08. The Morgan fingerprint density at radius 3 is 2.56 bits per heavy atom. The van der Waals surface area contributed by atoms with Gasteiger partial charge in [-0.05, 0) is 42.5 Å². The monoisotopic (exact) mass is 458 g/mol. The molecule has 1 aliphatic heterocycles. The van der Waals surface area contributed by atoms with Gasteiger partial charge in [-0.1, -0.05) is 12.1 Å². The molecule has 5 rings (SSSR count). The molecule has 0 saturated heterocycles. The number of nitrogens with one attached hydrogen (secondary N) is 2. The Bertz CT molecular complexity index is 1500. The third kappa shape index (κ3) is 3.17. The first-order valence-electron chi connectivity index (χ1n) is 9.26. The van der Waals surface area contributed by atoms with Crippen molar-refractivity contribution >= 4 is 38.1 Å². The molecule has 0 spiro atoms. The fourth-order valence-corrected chi connectivity index (χ4v) is 4.97. The molecule has 0 fully saturated rings. The Morgan fingerprint density at radius 2 is 1.84 bits per heavy atom. The van der Waals surface area contributed by atoms with E-state index in [1.54, 1.807) is 18.2 Å². The Kier molecular flexibility index (Phi) is 4.28. The lowest BCUT2D eigenvalue weighted by Crippen LogP contribution is -2.16. The van der Waals surface area contributed by atoms with Crippen LogP contribution >= 0.6 is 0 Å². The van der Waals surface area contributed by atoms with Gasteiger partial charge < -0.3 is 5.32 Å². The van der Waals surface area contributed by atoms with Gasteiger partial charge in [-0.2, -0.15) is 18.3 Å². The number of anilines is 2. The van der Waals surface area contributed by atoms with E-state index in [1.165, 1.54) is 35.3 Å². The zero-order chi connectivity index (χ0) is 22.7. The number of amides is 1. The first-order valence-corrected chi connectivity index (χ1v) is 10.7. The summed E-state index contributed by atoms with van der Waals surface area (Å²) >= 11 is 0. The van der Waals surface area contributed by atoms with E-state index in [-0.39, 0.29) is 27.6 Å². The first kappa shape index (κ1) is 20.1. The Morgan fingerprint density at radius 1 is 1.03 bits per heavy atom. The number of benzene rings is 3. The minimum Gasteiger partial charge on any atom is -0.321 e. The molecule has 0 aliphatic carbocycles. The number of aromatic nitrogens is 2. The van der Waals surface area contributed by atoms with Gasteiger partial charge in [0.05, 0.1) is 21.8 Å². The van der Waals surface area contributed by atoms with E-state index in [9.17, 15) is 26.4 Å². The van der Waals surface area contributed by atoms with Crippen LogP contribution in [0.5, 0.6) is 0 Å². The van der Waals surface area contributed by atoms with E-state index in [2.05, 4.69) is 15.1 Å². The van der Waals surface area contributed by atoms with Crippen LogP contribution in [0.2, 0.25) is 0 Å². The second-order valence-corrected chi connectivity index (χ2v) is 8.73. The predicted octanol–water partition coefficient (Wildman–Crippen LogP) is 4.41. The molecule has 162 valence electrons. The summed E-state index contributed by atoms with van der Waals surface area (Å²) in [5.41, 5.74) is -0.390. The fourth-order valence-electron chi connectivity index (χ4n) is 3.70. The average molecular weight is 458 g/mol. The van der Waals surface area contributed by atoms with Crippen molar-refractivity contribution in [3.63, 3.8) is 0 Å². The average Bonchev–Trinajstić information content (AvgIpc) is 3.37. The van der Waals surface area contributed by atoms with Crippen molar-refractivity contribution in [2.75, 3.05) is 10.0 Å². The van der Waals surface area contributed by atoms with E-state index in [0.29, 0.717) is 16.6 Å². The quantitative estimate of drug-likeness (QED) is 0.474. The van der Waals surface area contributed by atoms with Gasteiger partial charge in [-0.25, -0.2) is 13.1 Å². The number of alkyl halides is 3. The van der Waals surface area contributed by atoms with Crippen LogP contribution in [0.1, 0.15) is 15.9 Å². The number of halogens is 3. The predicted molar refractivity (Wildman–Crippen MR) is 111 cm³/mol. The number of nitrogens with zero attached hydrogens (tertiary/aromatic N) is 2. The molecule has 1 aromatic heterocycles. The largest absolute Gasteiger partial charge is 0.416 e. The number of carbonyl (C=O) groups excluding carboxylic acids is 1. The van der Waals surface area contributed by atoms with Crippen molar-refractivity contribution in [1.29, 1.82) is 0 Å². The summed E-state index contributed by atoms with van der Waals surface area (Å²) < 4.78 is 70.0. The number of sulfonamides is 1. The molecule has 7 nitrogen and oxygen atoms in total. The molecule has 11 heteroatoms. The molecule has 2 heterocycles. The van der Waals surface area contributed by atoms with Crippen molar-refractivity contribution in [3.05, 3.63) is 78.1 Å². The van der Waals surface area contributed by atoms with E-state index in [4.69, 9.17) is 0 Å². The van der Waals surface area contributed by atoms with Crippen molar-refractivity contribution < 1.29 is 26.4 Å². The highest BCUT2D eigenvalue weighted by Crippen LogP contribution is 2.38. The van der Waals surface area contributed by atoms with Gasteiger partial charge >= 0.3 is 6.18 Å². The van der Waals surface area contributed by atoms with Crippen LogP contribution in [0.25, 0.3) is 16.5 Å². The van der Waals surface area contributed by atoms with Crippen LogP contribution < -0.4 is 10.0 Å². The molecule has 0 radical (unpaired) electrons. The standard InChI is InChI=1S/C21H13F3N4O3S/c22-21(23,24)12-5-7-17(28-10-2-9-25-28)16(11-12)27-32(30,31)18-8-6-15-19-13(18)3-1-4-14(19)20(29)26-15/h1-11,27H,(H,26,29). The molecule has 1 aliphatic rings. The lowest BCUT2D eigenvalue weighted by molar-refractivity contribution is -0.137. The van der Waals surface area contributed by atoms with Crippen LogP contribution in [-0.2, 0) is 16.2 Å². The minimum absolute atomic E-state index is 0.120. The zero-order valence-electron chi connectivity index (χ0n) is 16.0. The first-order chi connectivity index (χ1) is 15.1. The maximum Gasteiger partial charge on any atom is 0.416 e. The second kappa shape index (κ2) is 6.82. The number of hydrogen-bond acceptors (Lipinski definition) is 4. The Hall–Kier alpha value is -3.86. The molecule has 3 aromatic carbocycles. The van der Waals surface area contributed by atoms with Gasteiger partial charge in [-0.3, -0.25) is 9.52 Å². The normalized spacial score (nSPS) is 13.4. The Balaban J connectivity index is 1.66. The molecule has 0 bridgehead atoms. The highest BCUT2D eigenvalue weighted by atomic mass is 32.2. The zero-order valence-corrected chi connectivity index (χ0v) is 16.8. The van der Waals surface area contributed by atoms with Crippen molar-refractivity contribution in [3.8, 4) is 5.69 Å². The molecule has 4 aromatic rings. The van der Waals surface area contributed by atoms with E-state index in [1.807, 2.05) is 0 Å². The minimum atomic E-state index is -4.67. The van der Waals surface area contributed by atoms with Crippen LogP contribution in [-0.4, -0.2) is 24.1 Å². The Labute approximate surface area is 179 Å². The number of hydrogen-bond donors (Lipinski definition) is 2. The molecule has 0 atom stereocenters. The van der Waals surface area contributed by atoms with E-state index < -0.39 is 21.8 Å². The van der Waals surface area contributed by atoms with Gasteiger partial charge in [0.2, 0.25) is 0 Å². The smallest absolute Gasteiger partial charge is 0.321 e. The van der Waals surface area contributed by atoms with Gasteiger partial charge in [0.25, 0.3) is 15.9 Å². The molecular weight excluding hydrogens is 445 g/mol. The SMILES string of the molecule is O=C1Nc2ccc(S(=O)(=O)Nc3cc(C(F)(F)F)ccc3-n3cccn3)c3cccc1c23. The highest BCUT2D eigenvalue weighted by molar-refractivity contribution is 7.93. The topological polar surface area (TPSA) is 93.1 Å². The number of carbonyl (C=O) groups is 1. The lowest BCUT2D eigenvalue weighted by atomic mass is 10.1.